The molecule has 0 aliphatic carbocycles. The molecule has 0 aromatic carbocycles. The van der Waals surface area contributed by atoms with Crippen molar-refractivity contribution in [3.8, 4) is 0 Å². The van der Waals surface area contributed by atoms with Crippen LogP contribution in [0.5, 0.6) is 0 Å². The minimum absolute atomic E-state index is 0.0601. The minimum Gasteiger partial charge on any atom is -0.446 e. The molecule has 0 aromatic heterocycles. The Hall–Kier alpha value is -1.81. The summed E-state index contributed by atoms with van der Waals surface area (Å²) in [4.78, 5) is 17.0. The summed E-state index contributed by atoms with van der Waals surface area (Å²) >= 11 is 0. The quantitative estimate of drug-likeness (QED) is 0.0486. The van der Waals surface area contributed by atoms with Gasteiger partial charge in [0.2, 0.25) is 0 Å². The van der Waals surface area contributed by atoms with E-state index in [0.29, 0.717) is 0 Å². The second kappa shape index (κ2) is 39.0. The molecule has 0 rings (SSSR count). The van der Waals surface area contributed by atoms with Crippen molar-refractivity contribution in [2.75, 3.05) is 33.7 Å². The molecule has 0 spiro atoms. The van der Waals surface area contributed by atoms with Gasteiger partial charge in [-0.3, -0.25) is 0 Å². The number of ether oxygens (including phenoxy) is 1. The number of allylic oxidation sites excluding steroid dienone is 8. The summed E-state index contributed by atoms with van der Waals surface area (Å²) < 4.78 is 6.09. The Morgan fingerprint density at radius 3 is 1.29 bits per heavy atom. The summed E-state index contributed by atoms with van der Waals surface area (Å²) in [6.07, 6.45) is 51.9. The van der Waals surface area contributed by atoms with E-state index in [4.69, 9.17) is 4.74 Å². The molecule has 0 atom stereocenters. The normalized spacial score (nSPS) is 12.3. The fourth-order valence-electron chi connectivity index (χ4n) is 6.04. The minimum atomic E-state index is -0.135. The average molecular weight is 685 g/mol. The number of unbranched alkanes of at least 4 members (excludes halogenated alkanes) is 18. The van der Waals surface area contributed by atoms with Crippen LogP contribution in [0.3, 0.4) is 0 Å². The van der Waals surface area contributed by atoms with Crippen LogP contribution in [0.25, 0.3) is 0 Å². The molecule has 0 saturated carbocycles. The largest absolute Gasteiger partial charge is 0.446 e. The second-order valence-electron chi connectivity index (χ2n) is 14.4. The van der Waals surface area contributed by atoms with Crippen LogP contribution in [0.4, 0.5) is 4.79 Å². The Labute approximate surface area is 307 Å². The van der Waals surface area contributed by atoms with Gasteiger partial charge in [0.1, 0.15) is 6.10 Å². The van der Waals surface area contributed by atoms with Crippen LogP contribution >= 0.6 is 0 Å². The molecule has 4 nitrogen and oxygen atoms in total. The zero-order valence-electron chi connectivity index (χ0n) is 33.6. The van der Waals surface area contributed by atoms with Gasteiger partial charge in [-0.1, -0.05) is 146 Å². The van der Waals surface area contributed by atoms with Crippen LogP contribution in [-0.4, -0.2) is 55.7 Å². The highest BCUT2D eigenvalue weighted by atomic mass is 16.6. The van der Waals surface area contributed by atoms with E-state index in [1.807, 2.05) is 7.05 Å². The van der Waals surface area contributed by atoms with Gasteiger partial charge in [0.25, 0.3) is 0 Å². The van der Waals surface area contributed by atoms with E-state index < -0.39 is 0 Å². The van der Waals surface area contributed by atoms with Crippen molar-refractivity contribution >= 4 is 6.09 Å². The van der Waals surface area contributed by atoms with Crippen LogP contribution in [0, 0.1) is 0 Å². The first-order valence-electron chi connectivity index (χ1n) is 21.2. The third-order valence-electron chi connectivity index (χ3n) is 9.61. The Bertz CT molecular complexity index is 754. The third kappa shape index (κ3) is 35.8. The molecule has 0 fully saturated rings. The Balaban J connectivity index is 4.23. The van der Waals surface area contributed by atoms with Gasteiger partial charge < -0.3 is 14.5 Å². The van der Waals surface area contributed by atoms with Gasteiger partial charge in [0.05, 0.1) is 0 Å². The van der Waals surface area contributed by atoms with E-state index in [2.05, 4.69) is 81.3 Å². The molecule has 0 radical (unpaired) electrons. The molecule has 0 bridgehead atoms. The first kappa shape index (κ1) is 47.2. The molecule has 0 heterocycles. The summed E-state index contributed by atoms with van der Waals surface area (Å²) in [6.45, 7) is 9.50. The molecule has 0 aromatic rings. The summed E-state index contributed by atoms with van der Waals surface area (Å²) in [5.74, 6) is 0. The molecular weight excluding hydrogens is 601 g/mol. The van der Waals surface area contributed by atoms with Crippen molar-refractivity contribution in [2.45, 2.75) is 200 Å². The summed E-state index contributed by atoms with van der Waals surface area (Å²) in [6, 6.07) is 0. The lowest BCUT2D eigenvalue weighted by molar-refractivity contribution is 0.0576. The molecule has 0 unspecified atom stereocenters. The van der Waals surface area contributed by atoms with Crippen LogP contribution in [0.15, 0.2) is 48.6 Å². The van der Waals surface area contributed by atoms with Crippen LogP contribution < -0.4 is 0 Å². The lowest BCUT2D eigenvalue weighted by Crippen LogP contribution is -2.33. The number of hydrogen-bond acceptors (Lipinski definition) is 3. The molecule has 0 aliphatic rings. The highest BCUT2D eigenvalue weighted by molar-refractivity contribution is 5.67. The molecule has 49 heavy (non-hydrogen) atoms. The Morgan fingerprint density at radius 2 is 0.878 bits per heavy atom. The number of carbonyl (C=O) groups is 1. The molecule has 0 saturated heterocycles. The third-order valence-corrected chi connectivity index (χ3v) is 9.61. The van der Waals surface area contributed by atoms with Crippen molar-refractivity contribution in [2.24, 2.45) is 0 Å². The van der Waals surface area contributed by atoms with Gasteiger partial charge in [-0.15, -0.1) is 0 Å². The molecule has 0 N–H and O–H groups in total. The summed E-state index contributed by atoms with van der Waals surface area (Å²) in [5, 5.41) is 0. The zero-order chi connectivity index (χ0) is 35.9. The van der Waals surface area contributed by atoms with Crippen LogP contribution in [-0.2, 0) is 4.74 Å². The number of carbonyl (C=O) groups excluding carboxylic acids is 1. The van der Waals surface area contributed by atoms with Crippen molar-refractivity contribution in [3.05, 3.63) is 48.6 Å². The maximum absolute atomic E-state index is 12.9. The van der Waals surface area contributed by atoms with Crippen molar-refractivity contribution in [3.63, 3.8) is 0 Å². The highest BCUT2D eigenvalue weighted by Crippen LogP contribution is 2.18. The van der Waals surface area contributed by atoms with Gasteiger partial charge in [-0.2, -0.15) is 0 Å². The fourth-order valence-corrected chi connectivity index (χ4v) is 6.04. The number of rotatable bonds is 36. The van der Waals surface area contributed by atoms with E-state index in [0.717, 1.165) is 64.6 Å². The maximum atomic E-state index is 12.9. The maximum Gasteiger partial charge on any atom is 0.409 e. The van der Waals surface area contributed by atoms with E-state index in [1.165, 1.54) is 128 Å². The standard InChI is InChI=1S/C45H84N2O2/c1-6-9-11-13-15-17-19-21-23-25-27-29-31-33-35-37-40-44(49-45(48)47(5)43-39-42-46(4)8-3)41-38-36-34-32-30-28-26-24-22-20-18-16-14-12-10-7-2/h15-18,21-24,44H,6-14,19-20,25-43H2,1-5H3/b17-15-,18-16-,23-21-,24-22-. The molecule has 1 amide bonds. The topological polar surface area (TPSA) is 32.8 Å². The summed E-state index contributed by atoms with van der Waals surface area (Å²) in [5.41, 5.74) is 0. The molecule has 286 valence electrons. The van der Waals surface area contributed by atoms with Gasteiger partial charge in [0.15, 0.2) is 0 Å². The fraction of sp³-hybridized carbons (Fsp3) is 0.800. The van der Waals surface area contributed by atoms with Crippen LogP contribution in [0.2, 0.25) is 0 Å². The molecular formula is C45H84N2O2. The zero-order valence-corrected chi connectivity index (χ0v) is 33.6. The number of amides is 1. The highest BCUT2D eigenvalue weighted by Gasteiger charge is 2.17. The monoisotopic (exact) mass is 685 g/mol. The molecule has 4 heteroatoms. The first-order valence-corrected chi connectivity index (χ1v) is 21.2. The van der Waals surface area contributed by atoms with Crippen molar-refractivity contribution < 1.29 is 9.53 Å². The smallest absolute Gasteiger partial charge is 0.409 e. The number of nitrogens with zero attached hydrogens (tertiary/aromatic N) is 2. The van der Waals surface area contributed by atoms with Crippen molar-refractivity contribution in [1.29, 1.82) is 0 Å². The van der Waals surface area contributed by atoms with Gasteiger partial charge in [0, 0.05) is 13.6 Å². The molecule has 0 aliphatic heterocycles. The first-order chi connectivity index (χ1) is 24.0. The van der Waals surface area contributed by atoms with E-state index in [-0.39, 0.29) is 12.2 Å². The van der Waals surface area contributed by atoms with E-state index in [9.17, 15) is 4.79 Å². The average Bonchev–Trinajstić information content (AvgIpc) is 3.10. The van der Waals surface area contributed by atoms with Gasteiger partial charge >= 0.3 is 6.09 Å². The Kier molecular flexibility index (Phi) is 37.5. The lowest BCUT2D eigenvalue weighted by atomic mass is 10.0. The number of hydrogen-bond donors (Lipinski definition) is 0. The van der Waals surface area contributed by atoms with E-state index in [1.54, 1.807) is 4.90 Å². The second-order valence-corrected chi connectivity index (χ2v) is 14.4. The van der Waals surface area contributed by atoms with Crippen LogP contribution in [0.1, 0.15) is 194 Å². The SMILES string of the molecule is CCCCC/C=C\C/C=C\CCCCCCCCC(CCCCCCCC/C=C\C/C=C\CCCCC)OC(=O)N(C)CCCN(C)CC. The van der Waals surface area contributed by atoms with E-state index >= 15 is 0 Å². The Morgan fingerprint density at radius 1 is 0.490 bits per heavy atom. The predicted octanol–water partition coefficient (Wildman–Crippen LogP) is 14.2. The van der Waals surface area contributed by atoms with Crippen molar-refractivity contribution in [1.82, 2.24) is 9.80 Å². The predicted molar refractivity (Wildman–Crippen MR) is 219 cm³/mol. The van der Waals surface area contributed by atoms with Gasteiger partial charge in [-0.05, 0) is 116 Å². The van der Waals surface area contributed by atoms with Gasteiger partial charge in [-0.25, -0.2) is 4.79 Å². The summed E-state index contributed by atoms with van der Waals surface area (Å²) in [7, 11) is 4.03. The lowest BCUT2D eigenvalue weighted by Gasteiger charge is -2.23.